The van der Waals surface area contributed by atoms with Crippen LogP contribution in [0.5, 0.6) is 0 Å². The molecule has 2 aromatic carbocycles. The lowest BCUT2D eigenvalue weighted by molar-refractivity contribution is -0.00258. The molecule has 1 heterocycles. The second-order valence-electron chi connectivity index (χ2n) is 8.11. The van der Waals surface area contributed by atoms with Crippen molar-refractivity contribution >= 4 is 0 Å². The molecule has 2 aromatic rings. The van der Waals surface area contributed by atoms with E-state index in [2.05, 4.69) is 13.8 Å². The number of unbranched alkanes of at least 4 members (excludes halogenated alkanes) is 2. The predicted octanol–water partition coefficient (Wildman–Crippen LogP) is 7.57. The quantitative estimate of drug-likeness (QED) is 0.441. The molecule has 3 rings (SSSR count). The van der Waals surface area contributed by atoms with Gasteiger partial charge in [-0.05, 0) is 54.9 Å². The van der Waals surface area contributed by atoms with Gasteiger partial charge in [0.2, 0.25) is 0 Å². The number of aryl methyl sites for hydroxylation is 1. The average Bonchev–Trinajstić information content (AvgIpc) is 2.74. The molecule has 0 radical (unpaired) electrons. The fourth-order valence-electron chi connectivity index (χ4n) is 4.10. The number of hydrogen-bond donors (Lipinski definition) is 0. The summed E-state index contributed by atoms with van der Waals surface area (Å²) in [7, 11) is 0. The molecule has 29 heavy (non-hydrogen) atoms. The van der Waals surface area contributed by atoms with Crippen LogP contribution in [0.15, 0.2) is 30.3 Å². The SMILES string of the molecule is CCCCc1ccc(-c2ccc(C3CCC(CCCC)OC3)c(F)c2F)cc1F. The van der Waals surface area contributed by atoms with E-state index in [1.54, 1.807) is 24.3 Å². The summed E-state index contributed by atoms with van der Waals surface area (Å²) in [4.78, 5) is 0. The summed E-state index contributed by atoms with van der Waals surface area (Å²) in [6, 6.07) is 7.86. The number of rotatable bonds is 8. The van der Waals surface area contributed by atoms with E-state index in [0.29, 0.717) is 29.7 Å². The van der Waals surface area contributed by atoms with Gasteiger partial charge in [-0.25, -0.2) is 13.2 Å². The van der Waals surface area contributed by atoms with E-state index < -0.39 is 11.6 Å². The Balaban J connectivity index is 1.76. The smallest absolute Gasteiger partial charge is 0.166 e. The Kier molecular flexibility index (Phi) is 7.77. The Bertz CT molecular complexity index is 810. The Hall–Kier alpha value is -1.81. The minimum Gasteiger partial charge on any atom is -0.378 e. The second-order valence-corrected chi connectivity index (χ2v) is 8.11. The van der Waals surface area contributed by atoms with Crippen molar-refractivity contribution in [1.82, 2.24) is 0 Å². The van der Waals surface area contributed by atoms with Crippen LogP contribution < -0.4 is 0 Å². The van der Waals surface area contributed by atoms with Crippen LogP contribution in [0.25, 0.3) is 11.1 Å². The molecule has 2 unspecified atom stereocenters. The predicted molar refractivity (Wildman–Crippen MR) is 112 cm³/mol. The number of hydrogen-bond acceptors (Lipinski definition) is 1. The second kappa shape index (κ2) is 10.3. The minimum atomic E-state index is -0.906. The van der Waals surface area contributed by atoms with Crippen LogP contribution in [0.3, 0.4) is 0 Å². The average molecular weight is 405 g/mol. The molecule has 158 valence electrons. The van der Waals surface area contributed by atoms with Gasteiger partial charge >= 0.3 is 0 Å². The van der Waals surface area contributed by atoms with E-state index in [1.807, 2.05) is 0 Å². The van der Waals surface area contributed by atoms with Gasteiger partial charge in [0.05, 0.1) is 12.7 Å². The number of ether oxygens (including phenoxy) is 1. The molecule has 0 spiro atoms. The van der Waals surface area contributed by atoms with Crippen LogP contribution in [0.2, 0.25) is 0 Å². The molecule has 0 aromatic heterocycles. The molecule has 0 amide bonds. The van der Waals surface area contributed by atoms with Crippen LogP contribution in [0.4, 0.5) is 13.2 Å². The normalized spacial score (nSPS) is 19.5. The maximum absolute atomic E-state index is 14.9. The minimum absolute atomic E-state index is 0.102. The lowest BCUT2D eigenvalue weighted by atomic mass is 9.88. The van der Waals surface area contributed by atoms with Gasteiger partial charge in [-0.3, -0.25) is 0 Å². The zero-order valence-electron chi connectivity index (χ0n) is 17.4. The first-order valence-electron chi connectivity index (χ1n) is 10.9. The molecule has 1 aliphatic rings. The fourth-order valence-corrected chi connectivity index (χ4v) is 4.10. The third-order valence-corrected chi connectivity index (χ3v) is 5.97. The zero-order valence-corrected chi connectivity index (χ0v) is 17.4. The van der Waals surface area contributed by atoms with Gasteiger partial charge in [0.15, 0.2) is 11.6 Å². The molecule has 0 bridgehead atoms. The van der Waals surface area contributed by atoms with Crippen molar-refractivity contribution in [2.75, 3.05) is 6.61 Å². The molecule has 0 N–H and O–H groups in total. The topological polar surface area (TPSA) is 9.23 Å². The largest absolute Gasteiger partial charge is 0.378 e. The third kappa shape index (κ3) is 5.22. The van der Waals surface area contributed by atoms with Crippen molar-refractivity contribution in [3.05, 3.63) is 58.9 Å². The fraction of sp³-hybridized carbons (Fsp3) is 0.520. The molecular formula is C25H31F3O. The van der Waals surface area contributed by atoms with Crippen molar-refractivity contribution in [3.63, 3.8) is 0 Å². The standard InChI is InChI=1S/C25H31F3O/c1-3-5-7-17-9-10-18(15-23(17)26)21-13-14-22(25(28)24(21)27)19-11-12-20(29-16-19)8-6-4-2/h9-10,13-15,19-20H,3-8,11-12,16H2,1-2H3. The summed E-state index contributed by atoms with van der Waals surface area (Å²) in [5.41, 5.74) is 1.44. The van der Waals surface area contributed by atoms with Gasteiger partial charge in [-0.2, -0.15) is 0 Å². The van der Waals surface area contributed by atoms with Gasteiger partial charge < -0.3 is 4.74 Å². The number of benzene rings is 2. The van der Waals surface area contributed by atoms with Crippen LogP contribution in [0, 0.1) is 17.5 Å². The Morgan fingerprint density at radius 1 is 0.931 bits per heavy atom. The molecule has 0 saturated carbocycles. The summed E-state index contributed by atoms with van der Waals surface area (Å²) < 4.78 is 49.9. The van der Waals surface area contributed by atoms with Crippen LogP contribution in [-0.4, -0.2) is 12.7 Å². The Labute approximate surface area is 172 Å². The first-order valence-corrected chi connectivity index (χ1v) is 10.9. The molecule has 0 aliphatic carbocycles. The van der Waals surface area contributed by atoms with Crippen molar-refractivity contribution in [1.29, 1.82) is 0 Å². The van der Waals surface area contributed by atoms with Crippen LogP contribution >= 0.6 is 0 Å². The van der Waals surface area contributed by atoms with Crippen molar-refractivity contribution in [2.45, 2.75) is 77.2 Å². The van der Waals surface area contributed by atoms with E-state index in [-0.39, 0.29) is 23.4 Å². The van der Waals surface area contributed by atoms with E-state index in [4.69, 9.17) is 4.74 Å². The van der Waals surface area contributed by atoms with E-state index in [9.17, 15) is 13.2 Å². The van der Waals surface area contributed by atoms with Gasteiger partial charge in [0.1, 0.15) is 5.82 Å². The van der Waals surface area contributed by atoms with Crippen LogP contribution in [-0.2, 0) is 11.2 Å². The summed E-state index contributed by atoms with van der Waals surface area (Å²) in [6.45, 7) is 4.62. The molecule has 1 nitrogen and oxygen atoms in total. The maximum Gasteiger partial charge on any atom is 0.166 e. The highest BCUT2D eigenvalue weighted by Gasteiger charge is 2.27. The van der Waals surface area contributed by atoms with Gasteiger partial charge in [0, 0.05) is 11.5 Å². The van der Waals surface area contributed by atoms with Crippen molar-refractivity contribution in [2.24, 2.45) is 0 Å². The maximum atomic E-state index is 14.9. The highest BCUT2D eigenvalue weighted by atomic mass is 19.2. The van der Waals surface area contributed by atoms with E-state index in [1.165, 1.54) is 6.07 Å². The third-order valence-electron chi connectivity index (χ3n) is 5.97. The van der Waals surface area contributed by atoms with E-state index >= 15 is 0 Å². The molecule has 4 heteroatoms. The monoisotopic (exact) mass is 404 g/mol. The molecular weight excluding hydrogens is 373 g/mol. The number of halogens is 3. The molecule has 1 saturated heterocycles. The van der Waals surface area contributed by atoms with Gasteiger partial charge in [-0.15, -0.1) is 0 Å². The first-order chi connectivity index (χ1) is 14.0. The van der Waals surface area contributed by atoms with E-state index in [0.717, 1.165) is 44.9 Å². The van der Waals surface area contributed by atoms with Gasteiger partial charge in [0.25, 0.3) is 0 Å². The Morgan fingerprint density at radius 2 is 1.72 bits per heavy atom. The molecule has 1 fully saturated rings. The van der Waals surface area contributed by atoms with Crippen LogP contribution in [0.1, 0.15) is 75.8 Å². The molecule has 1 aliphatic heterocycles. The van der Waals surface area contributed by atoms with Crippen molar-refractivity contribution < 1.29 is 17.9 Å². The Morgan fingerprint density at radius 3 is 2.38 bits per heavy atom. The van der Waals surface area contributed by atoms with Gasteiger partial charge in [-0.1, -0.05) is 57.4 Å². The lowest BCUT2D eigenvalue weighted by Gasteiger charge is -2.29. The highest BCUT2D eigenvalue weighted by Crippen LogP contribution is 2.35. The summed E-state index contributed by atoms with van der Waals surface area (Å²) in [6.07, 6.45) is 7.71. The summed E-state index contributed by atoms with van der Waals surface area (Å²) in [5.74, 6) is -2.24. The lowest BCUT2D eigenvalue weighted by Crippen LogP contribution is -2.25. The molecule has 2 atom stereocenters. The first kappa shape index (κ1) is 21.9. The van der Waals surface area contributed by atoms with Crippen molar-refractivity contribution in [3.8, 4) is 11.1 Å². The summed E-state index contributed by atoms with van der Waals surface area (Å²) >= 11 is 0. The summed E-state index contributed by atoms with van der Waals surface area (Å²) in [5, 5.41) is 0. The highest BCUT2D eigenvalue weighted by molar-refractivity contribution is 5.65. The zero-order chi connectivity index (χ0) is 20.8.